The Labute approximate surface area is 163 Å². The lowest BCUT2D eigenvalue weighted by molar-refractivity contribution is -0.142. The van der Waals surface area contributed by atoms with E-state index in [1.165, 1.54) is 12.3 Å². The maximum absolute atomic E-state index is 12.6. The van der Waals surface area contributed by atoms with Crippen LogP contribution in [0.3, 0.4) is 0 Å². The van der Waals surface area contributed by atoms with E-state index < -0.39 is 30.0 Å². The molecule has 1 heterocycles. The summed E-state index contributed by atoms with van der Waals surface area (Å²) in [6, 6.07) is 5.13. The van der Waals surface area contributed by atoms with Gasteiger partial charge in [0.1, 0.15) is 6.04 Å². The van der Waals surface area contributed by atoms with Gasteiger partial charge in [0.25, 0.3) is 0 Å². The molecule has 1 aliphatic rings. The molecule has 1 saturated heterocycles. The first kappa shape index (κ1) is 20.9. The number of rotatable bonds is 8. The second-order valence-corrected chi connectivity index (χ2v) is 6.43. The van der Waals surface area contributed by atoms with Crippen molar-refractivity contribution >= 4 is 29.8 Å². The molecule has 2 unspecified atom stereocenters. The average Bonchev–Trinajstić information content (AvgIpc) is 3.02. The van der Waals surface area contributed by atoms with Gasteiger partial charge in [0, 0.05) is 12.2 Å². The van der Waals surface area contributed by atoms with Crippen LogP contribution in [0, 0.1) is 5.92 Å². The highest BCUT2D eigenvalue weighted by atomic mass is 16.4. The maximum atomic E-state index is 12.6. The first-order valence-corrected chi connectivity index (χ1v) is 8.98. The predicted octanol–water partition coefficient (Wildman–Crippen LogP) is 1.05. The van der Waals surface area contributed by atoms with Crippen molar-refractivity contribution in [2.45, 2.75) is 31.8 Å². The van der Waals surface area contributed by atoms with Crippen LogP contribution in [0.25, 0.3) is 0 Å². The molecule has 0 spiro atoms. The first-order chi connectivity index (χ1) is 13.4. The van der Waals surface area contributed by atoms with Crippen LogP contribution in [0.15, 0.2) is 42.0 Å². The van der Waals surface area contributed by atoms with Crippen LogP contribution in [0.5, 0.6) is 0 Å². The van der Waals surface area contributed by atoms with Crippen LogP contribution in [0.1, 0.15) is 25.3 Å². The van der Waals surface area contributed by atoms with Crippen molar-refractivity contribution in [3.8, 4) is 0 Å². The van der Waals surface area contributed by atoms with Crippen molar-refractivity contribution in [3.63, 3.8) is 0 Å². The number of nitrogens with zero attached hydrogens (tertiary/aromatic N) is 2. The summed E-state index contributed by atoms with van der Waals surface area (Å²) in [5.41, 5.74) is 1.52. The third-order valence-electron chi connectivity index (χ3n) is 4.68. The molecule has 2 rings (SSSR count). The van der Waals surface area contributed by atoms with Crippen molar-refractivity contribution in [2.24, 2.45) is 16.9 Å². The quantitative estimate of drug-likeness (QED) is 0.229. The molecular weight excluding hydrogens is 362 g/mol. The van der Waals surface area contributed by atoms with Crippen molar-refractivity contribution in [2.75, 3.05) is 11.4 Å². The number of anilines is 1. The van der Waals surface area contributed by atoms with Crippen LogP contribution in [0.2, 0.25) is 0 Å². The molecule has 1 aliphatic heterocycles. The van der Waals surface area contributed by atoms with Crippen LogP contribution in [-0.2, 0) is 9.59 Å². The fourth-order valence-corrected chi connectivity index (χ4v) is 3.15. The van der Waals surface area contributed by atoms with Gasteiger partial charge in [-0.15, -0.1) is 6.58 Å². The fraction of sp³-hybridized carbons (Fsp3) is 0.368. The summed E-state index contributed by atoms with van der Waals surface area (Å²) in [7, 11) is 0. The highest BCUT2D eigenvalue weighted by Crippen LogP contribution is 2.22. The number of nitrogens with two attached hydrogens (primary N) is 1. The van der Waals surface area contributed by atoms with Gasteiger partial charge in [0.2, 0.25) is 5.91 Å². The predicted molar refractivity (Wildman–Crippen MR) is 106 cm³/mol. The van der Waals surface area contributed by atoms with Gasteiger partial charge < -0.3 is 26.5 Å². The number of urea groups is 1. The third kappa shape index (κ3) is 4.87. The Kier molecular flexibility index (Phi) is 7.14. The minimum absolute atomic E-state index is 0.226. The molecule has 1 aromatic carbocycles. The number of hydrogen-bond donors (Lipinski definition) is 4. The molecule has 0 saturated carbocycles. The van der Waals surface area contributed by atoms with Crippen LogP contribution in [-0.4, -0.2) is 47.9 Å². The molecule has 9 heteroatoms. The summed E-state index contributed by atoms with van der Waals surface area (Å²) >= 11 is 0. The van der Waals surface area contributed by atoms with Crippen molar-refractivity contribution in [3.05, 3.63) is 42.5 Å². The SMILES string of the molecule is C=C[C@H](NC(=O)NC1CCN(c2ccc(C=NN)cc2)C1=O)C(CC)C(=O)O. The van der Waals surface area contributed by atoms with Gasteiger partial charge in [-0.25, -0.2) is 4.79 Å². The second-order valence-electron chi connectivity index (χ2n) is 6.43. The van der Waals surface area contributed by atoms with Gasteiger partial charge in [0.15, 0.2) is 0 Å². The van der Waals surface area contributed by atoms with Crippen LogP contribution < -0.4 is 21.4 Å². The molecule has 0 radical (unpaired) electrons. The molecule has 0 aromatic heterocycles. The molecular formula is C19H25N5O4. The van der Waals surface area contributed by atoms with E-state index in [1.807, 2.05) is 0 Å². The minimum atomic E-state index is -1.01. The Balaban J connectivity index is 1.98. The van der Waals surface area contributed by atoms with E-state index in [0.717, 1.165) is 5.56 Å². The normalized spacial score (nSPS) is 18.7. The molecule has 3 atom stereocenters. The van der Waals surface area contributed by atoms with Crippen molar-refractivity contribution in [1.29, 1.82) is 0 Å². The molecule has 0 bridgehead atoms. The summed E-state index contributed by atoms with van der Waals surface area (Å²) in [4.78, 5) is 37.8. The van der Waals surface area contributed by atoms with E-state index in [0.29, 0.717) is 25.1 Å². The maximum Gasteiger partial charge on any atom is 0.315 e. The lowest BCUT2D eigenvalue weighted by atomic mass is 9.97. The number of carbonyl (C=O) groups is 3. The largest absolute Gasteiger partial charge is 0.481 e. The van der Waals surface area contributed by atoms with E-state index in [2.05, 4.69) is 22.3 Å². The topological polar surface area (TPSA) is 137 Å². The number of carbonyl (C=O) groups excluding carboxylic acids is 2. The number of hydrazone groups is 1. The summed E-state index contributed by atoms with van der Waals surface area (Å²) in [5.74, 6) is 3.09. The van der Waals surface area contributed by atoms with Gasteiger partial charge >= 0.3 is 12.0 Å². The highest BCUT2D eigenvalue weighted by Gasteiger charge is 2.34. The number of benzene rings is 1. The molecule has 5 N–H and O–H groups in total. The smallest absolute Gasteiger partial charge is 0.315 e. The van der Waals surface area contributed by atoms with E-state index in [1.54, 1.807) is 36.1 Å². The average molecular weight is 387 g/mol. The second kappa shape index (κ2) is 9.54. The summed E-state index contributed by atoms with van der Waals surface area (Å²) in [6.07, 6.45) is 3.68. The Morgan fingerprint density at radius 2 is 2.11 bits per heavy atom. The molecule has 150 valence electrons. The van der Waals surface area contributed by atoms with E-state index in [-0.39, 0.29) is 5.91 Å². The first-order valence-electron chi connectivity index (χ1n) is 8.98. The zero-order valence-corrected chi connectivity index (χ0v) is 15.7. The number of hydrogen-bond acceptors (Lipinski definition) is 5. The number of carboxylic acid groups (broad SMARTS) is 1. The van der Waals surface area contributed by atoms with Crippen molar-refractivity contribution < 1.29 is 19.5 Å². The Bertz CT molecular complexity index is 762. The van der Waals surface area contributed by atoms with E-state index in [4.69, 9.17) is 5.84 Å². The number of carboxylic acids is 1. The van der Waals surface area contributed by atoms with Gasteiger partial charge in [-0.1, -0.05) is 25.1 Å². The third-order valence-corrected chi connectivity index (χ3v) is 4.68. The Morgan fingerprint density at radius 3 is 2.64 bits per heavy atom. The van der Waals surface area contributed by atoms with Gasteiger partial charge in [-0.2, -0.15) is 5.10 Å². The lowest BCUT2D eigenvalue weighted by Crippen LogP contribution is -2.51. The summed E-state index contributed by atoms with van der Waals surface area (Å²) in [6.45, 7) is 5.77. The number of aliphatic carboxylic acids is 1. The van der Waals surface area contributed by atoms with Crippen LogP contribution >= 0.6 is 0 Å². The molecule has 0 aliphatic carbocycles. The van der Waals surface area contributed by atoms with E-state index >= 15 is 0 Å². The Morgan fingerprint density at radius 1 is 1.43 bits per heavy atom. The number of nitrogens with one attached hydrogen (secondary N) is 2. The molecule has 1 aromatic rings. The van der Waals surface area contributed by atoms with Crippen molar-refractivity contribution in [1.82, 2.24) is 10.6 Å². The van der Waals surface area contributed by atoms with E-state index in [9.17, 15) is 19.5 Å². The van der Waals surface area contributed by atoms with Gasteiger partial charge in [-0.3, -0.25) is 9.59 Å². The minimum Gasteiger partial charge on any atom is -0.481 e. The zero-order valence-electron chi connectivity index (χ0n) is 15.7. The monoisotopic (exact) mass is 387 g/mol. The molecule has 3 amide bonds. The molecule has 28 heavy (non-hydrogen) atoms. The zero-order chi connectivity index (χ0) is 20.7. The van der Waals surface area contributed by atoms with Gasteiger partial charge in [-0.05, 0) is 30.5 Å². The fourth-order valence-electron chi connectivity index (χ4n) is 3.15. The lowest BCUT2D eigenvalue weighted by Gasteiger charge is -2.22. The molecule has 1 fully saturated rings. The highest BCUT2D eigenvalue weighted by molar-refractivity contribution is 6.01. The summed E-state index contributed by atoms with van der Waals surface area (Å²) < 4.78 is 0. The number of amides is 3. The summed E-state index contributed by atoms with van der Waals surface area (Å²) in [5, 5.41) is 17.9. The molecule has 9 nitrogen and oxygen atoms in total. The Hall–Kier alpha value is -3.36. The van der Waals surface area contributed by atoms with Gasteiger partial charge in [0.05, 0.1) is 18.2 Å². The standard InChI is InChI=1S/C19H25N5O4/c1-3-14(18(26)27)15(4-2)22-19(28)23-16-9-10-24(17(16)25)13-7-5-12(6-8-13)11-21-20/h4-8,11,14-16H,2-3,9-10,20H2,1H3,(H,26,27)(H2,22,23,28)/t14?,15-,16?/m0/s1. The van der Waals surface area contributed by atoms with Crippen LogP contribution in [0.4, 0.5) is 10.5 Å².